The van der Waals surface area contributed by atoms with Crippen LogP contribution < -0.4 is 5.32 Å². The molecule has 4 aromatic heterocycles. The van der Waals surface area contributed by atoms with Gasteiger partial charge in [0.05, 0.1) is 18.1 Å². The Labute approximate surface area is 179 Å². The molecule has 4 heterocycles. The maximum Gasteiger partial charge on any atom is 0.246 e. The number of aryl methyl sites for hydroxylation is 2. The fourth-order valence-electron chi connectivity index (χ4n) is 3.54. The molecule has 0 saturated carbocycles. The molecule has 0 radical (unpaired) electrons. The zero-order chi connectivity index (χ0) is 21.2. The first-order valence-electron chi connectivity index (χ1n) is 9.92. The highest BCUT2D eigenvalue weighted by atomic mass is 15.4. The minimum atomic E-state index is 0.590. The van der Waals surface area contributed by atoms with Gasteiger partial charge in [0.1, 0.15) is 0 Å². The minimum Gasteiger partial charge on any atom is -0.349 e. The summed E-state index contributed by atoms with van der Waals surface area (Å²) in [7, 11) is 0. The Hall–Kier alpha value is -4.20. The molecule has 1 N–H and O–H groups in total. The number of hydrogen-bond donors (Lipinski definition) is 1. The van der Waals surface area contributed by atoms with Crippen LogP contribution in [0.2, 0.25) is 0 Å². The highest BCUT2D eigenvalue weighted by molar-refractivity contribution is 5.67. The Morgan fingerprint density at radius 2 is 1.81 bits per heavy atom. The summed E-state index contributed by atoms with van der Waals surface area (Å²) < 4.78 is 1.68. The summed E-state index contributed by atoms with van der Waals surface area (Å²) in [6, 6.07) is 12.5. The van der Waals surface area contributed by atoms with Gasteiger partial charge in [-0.1, -0.05) is 18.2 Å². The third-order valence-corrected chi connectivity index (χ3v) is 5.07. The van der Waals surface area contributed by atoms with Crippen molar-refractivity contribution in [2.45, 2.75) is 20.4 Å². The van der Waals surface area contributed by atoms with E-state index >= 15 is 0 Å². The van der Waals surface area contributed by atoms with E-state index in [0.717, 1.165) is 22.5 Å². The molecular formula is C23H20N8. The van der Waals surface area contributed by atoms with Crippen molar-refractivity contribution in [1.29, 1.82) is 0 Å². The van der Waals surface area contributed by atoms with E-state index in [1.54, 1.807) is 29.3 Å². The molecule has 0 spiro atoms. The monoisotopic (exact) mass is 408 g/mol. The van der Waals surface area contributed by atoms with E-state index in [-0.39, 0.29) is 0 Å². The summed E-state index contributed by atoms with van der Waals surface area (Å²) in [6.45, 7) is 4.74. The van der Waals surface area contributed by atoms with E-state index in [0.29, 0.717) is 18.1 Å². The predicted molar refractivity (Wildman–Crippen MR) is 118 cm³/mol. The Morgan fingerprint density at radius 1 is 0.871 bits per heavy atom. The zero-order valence-corrected chi connectivity index (χ0v) is 17.2. The Morgan fingerprint density at radius 3 is 2.61 bits per heavy atom. The van der Waals surface area contributed by atoms with Crippen molar-refractivity contribution in [2.24, 2.45) is 0 Å². The highest BCUT2D eigenvalue weighted by Crippen LogP contribution is 2.25. The number of anilines is 1. The predicted octanol–water partition coefficient (Wildman–Crippen LogP) is 3.87. The topological polar surface area (TPSA) is 93.8 Å². The summed E-state index contributed by atoms with van der Waals surface area (Å²) >= 11 is 0. The average molecular weight is 408 g/mol. The Kier molecular flexibility index (Phi) is 4.80. The molecule has 0 aliphatic heterocycles. The first-order valence-corrected chi connectivity index (χ1v) is 9.92. The van der Waals surface area contributed by atoms with E-state index in [2.05, 4.69) is 66.8 Å². The first-order chi connectivity index (χ1) is 15.2. The fourth-order valence-corrected chi connectivity index (χ4v) is 3.54. The van der Waals surface area contributed by atoms with E-state index < -0.39 is 0 Å². The van der Waals surface area contributed by atoms with Gasteiger partial charge in [-0.3, -0.25) is 15.0 Å². The largest absolute Gasteiger partial charge is 0.349 e. The molecule has 5 aromatic rings. The molecule has 5 rings (SSSR count). The van der Waals surface area contributed by atoms with Crippen LogP contribution in [0.5, 0.6) is 0 Å². The van der Waals surface area contributed by atoms with Crippen molar-refractivity contribution in [1.82, 2.24) is 34.8 Å². The van der Waals surface area contributed by atoms with Gasteiger partial charge in [0.25, 0.3) is 0 Å². The molecule has 0 amide bonds. The van der Waals surface area contributed by atoms with Gasteiger partial charge in [0, 0.05) is 36.4 Å². The van der Waals surface area contributed by atoms with Crippen LogP contribution >= 0.6 is 0 Å². The lowest BCUT2D eigenvalue weighted by molar-refractivity contribution is 0.912. The van der Waals surface area contributed by atoms with Gasteiger partial charge < -0.3 is 5.32 Å². The lowest BCUT2D eigenvalue weighted by Crippen LogP contribution is -2.05. The van der Waals surface area contributed by atoms with Crippen molar-refractivity contribution >= 4 is 11.6 Å². The molecule has 0 bridgehead atoms. The molecule has 0 aliphatic rings. The van der Waals surface area contributed by atoms with Crippen molar-refractivity contribution in [2.75, 3.05) is 5.32 Å². The van der Waals surface area contributed by atoms with Gasteiger partial charge in [-0.15, -0.1) is 10.2 Å². The number of nitrogens with zero attached hydrogens (tertiary/aromatic N) is 7. The lowest BCUT2D eigenvalue weighted by atomic mass is 9.99. The first kappa shape index (κ1) is 18.8. The molecule has 0 unspecified atom stereocenters. The number of hydrogen-bond acceptors (Lipinski definition) is 7. The van der Waals surface area contributed by atoms with Gasteiger partial charge in [-0.05, 0) is 54.3 Å². The Bertz CT molecular complexity index is 1360. The second-order valence-corrected chi connectivity index (χ2v) is 7.32. The maximum absolute atomic E-state index is 4.46. The van der Waals surface area contributed by atoms with Gasteiger partial charge in [0.2, 0.25) is 5.95 Å². The van der Waals surface area contributed by atoms with Gasteiger partial charge >= 0.3 is 0 Å². The molecule has 152 valence electrons. The van der Waals surface area contributed by atoms with Crippen LogP contribution in [0.15, 0.2) is 67.4 Å². The van der Waals surface area contributed by atoms with Crippen LogP contribution in [0.25, 0.3) is 28.0 Å². The van der Waals surface area contributed by atoms with E-state index in [9.17, 15) is 0 Å². The third-order valence-electron chi connectivity index (χ3n) is 5.07. The molecule has 0 aliphatic carbocycles. The average Bonchev–Trinajstić information content (AvgIpc) is 3.20. The van der Waals surface area contributed by atoms with Crippen LogP contribution in [-0.2, 0) is 6.54 Å². The maximum atomic E-state index is 4.46. The number of pyridine rings is 1. The smallest absolute Gasteiger partial charge is 0.246 e. The summed E-state index contributed by atoms with van der Waals surface area (Å²) in [5.41, 5.74) is 7.99. The van der Waals surface area contributed by atoms with E-state index in [1.165, 1.54) is 16.7 Å². The fraction of sp³-hybridized carbons (Fsp3) is 0.130. The molecule has 31 heavy (non-hydrogen) atoms. The Balaban J connectivity index is 1.34. The van der Waals surface area contributed by atoms with Crippen molar-refractivity contribution in [3.63, 3.8) is 0 Å². The molecule has 1 aromatic carbocycles. The summed E-state index contributed by atoms with van der Waals surface area (Å²) in [5, 5.41) is 16.3. The van der Waals surface area contributed by atoms with Crippen LogP contribution in [0, 0.1) is 13.8 Å². The van der Waals surface area contributed by atoms with Crippen LogP contribution in [0.3, 0.4) is 0 Å². The normalized spacial score (nSPS) is 11.0. The summed E-state index contributed by atoms with van der Waals surface area (Å²) in [4.78, 5) is 12.7. The number of rotatable bonds is 5. The van der Waals surface area contributed by atoms with Gasteiger partial charge in [-0.2, -0.15) is 9.61 Å². The molecule has 0 saturated heterocycles. The van der Waals surface area contributed by atoms with Crippen LogP contribution in [0.4, 0.5) is 5.95 Å². The molecule has 0 fully saturated rings. The van der Waals surface area contributed by atoms with E-state index in [4.69, 9.17) is 0 Å². The van der Waals surface area contributed by atoms with Crippen LogP contribution in [0.1, 0.15) is 16.8 Å². The summed E-state index contributed by atoms with van der Waals surface area (Å²) in [5.74, 6) is 0.590. The second kappa shape index (κ2) is 7.91. The van der Waals surface area contributed by atoms with Crippen molar-refractivity contribution in [3.8, 4) is 22.4 Å². The zero-order valence-electron chi connectivity index (χ0n) is 17.2. The van der Waals surface area contributed by atoms with Crippen molar-refractivity contribution < 1.29 is 0 Å². The number of nitrogens with one attached hydrogen (secondary N) is 1. The third kappa shape index (κ3) is 3.83. The quantitative estimate of drug-likeness (QED) is 0.472. The second-order valence-electron chi connectivity index (χ2n) is 7.32. The highest BCUT2D eigenvalue weighted by Gasteiger charge is 2.10. The number of aromatic nitrogens is 7. The van der Waals surface area contributed by atoms with Crippen LogP contribution in [-0.4, -0.2) is 34.8 Å². The molecule has 0 atom stereocenters. The molecule has 8 nitrogen and oxygen atoms in total. The summed E-state index contributed by atoms with van der Waals surface area (Å²) in [6.07, 6.45) is 8.57. The number of fused-ring (bicyclic) bond motifs is 1. The standard InChI is InChI=1S/C23H20N8/c1-15-9-17(3-4-20(15)18-5-6-25-16(2)10-18)12-27-23-30-29-22-11-19(13-28-31(22)23)21-14-24-7-8-26-21/h3-11,13-14H,12H2,1-2H3,(H,27,30). The minimum absolute atomic E-state index is 0.590. The van der Waals surface area contributed by atoms with Crippen molar-refractivity contribution in [3.05, 3.63) is 84.2 Å². The lowest BCUT2D eigenvalue weighted by Gasteiger charge is -2.10. The SMILES string of the molecule is Cc1cc(-c2ccc(CNc3nnc4cc(-c5cnccn5)cnn34)cc2C)ccn1. The molecular weight excluding hydrogens is 388 g/mol. The van der Waals surface area contributed by atoms with E-state index in [1.807, 2.05) is 25.3 Å². The number of benzene rings is 1. The molecule has 8 heteroatoms. The van der Waals surface area contributed by atoms with Gasteiger partial charge in [0.15, 0.2) is 5.65 Å². The van der Waals surface area contributed by atoms with Gasteiger partial charge in [-0.25, -0.2) is 0 Å².